The molecule has 0 aromatic heterocycles. The zero-order valence-corrected chi connectivity index (χ0v) is 23.0. The van der Waals surface area contributed by atoms with Crippen molar-refractivity contribution in [1.82, 2.24) is 10.6 Å². The monoisotopic (exact) mass is 490 g/mol. The molecule has 1 rings (SSSR count). The van der Waals surface area contributed by atoms with Crippen molar-refractivity contribution in [3.05, 3.63) is 29.8 Å². The van der Waals surface area contributed by atoms with Gasteiger partial charge in [0.15, 0.2) is 0 Å². The number of benzene rings is 1. The highest BCUT2D eigenvalue weighted by Gasteiger charge is 2.07. The molecule has 0 spiro atoms. The average molecular weight is 491 g/mol. The summed E-state index contributed by atoms with van der Waals surface area (Å²) < 4.78 is 5.63. The van der Waals surface area contributed by atoms with E-state index in [-0.39, 0.29) is 12.5 Å². The molecule has 0 saturated carbocycles. The number of nitrogens with one attached hydrogen (secondary N) is 2. The fourth-order valence-electron chi connectivity index (χ4n) is 4.12. The third-order valence-electron chi connectivity index (χ3n) is 6.34. The van der Waals surface area contributed by atoms with E-state index in [0.29, 0.717) is 24.8 Å². The Labute approximate surface area is 215 Å². The van der Waals surface area contributed by atoms with E-state index >= 15 is 0 Å². The highest BCUT2D eigenvalue weighted by atomic mass is 16.5. The van der Waals surface area contributed by atoms with Crippen molar-refractivity contribution >= 4 is 5.91 Å². The molecular weight excluding hydrogens is 436 g/mol. The van der Waals surface area contributed by atoms with Crippen molar-refractivity contribution in [3.8, 4) is 5.75 Å². The van der Waals surface area contributed by atoms with Crippen molar-refractivity contribution in [2.45, 2.75) is 129 Å². The van der Waals surface area contributed by atoms with E-state index in [2.05, 4.69) is 17.6 Å². The minimum Gasteiger partial charge on any atom is -0.491 e. The molecule has 1 amide bonds. The van der Waals surface area contributed by atoms with E-state index in [9.17, 15) is 9.90 Å². The van der Waals surface area contributed by atoms with Gasteiger partial charge in [0.2, 0.25) is 5.91 Å². The van der Waals surface area contributed by atoms with E-state index in [4.69, 9.17) is 4.74 Å². The van der Waals surface area contributed by atoms with Crippen LogP contribution in [0.5, 0.6) is 5.75 Å². The zero-order valence-electron chi connectivity index (χ0n) is 23.0. The summed E-state index contributed by atoms with van der Waals surface area (Å²) in [5.74, 6) is 0.781. The van der Waals surface area contributed by atoms with Crippen LogP contribution in [-0.2, 0) is 11.2 Å². The Morgan fingerprint density at radius 1 is 0.829 bits per heavy atom. The quantitative estimate of drug-likeness (QED) is 0.152. The molecule has 0 heterocycles. The number of aliphatic hydroxyl groups is 1. The standard InChI is InChI=1S/C30H54N2O3/c1-4-5-6-7-8-9-10-11-12-13-14-15-16-17-22-31-30(34)23-27-18-20-29(21-19-27)35-25-28(33)24-32-26(2)3/h18-21,26,28,32-33H,4-17,22-25H2,1-3H3,(H,31,34). The smallest absolute Gasteiger partial charge is 0.224 e. The molecular formula is C30H54N2O3. The first-order valence-corrected chi connectivity index (χ1v) is 14.4. The number of hydrogen-bond donors (Lipinski definition) is 3. The molecule has 0 aliphatic carbocycles. The van der Waals surface area contributed by atoms with Gasteiger partial charge in [-0.05, 0) is 24.1 Å². The molecule has 1 atom stereocenters. The number of hydrogen-bond acceptors (Lipinski definition) is 4. The van der Waals surface area contributed by atoms with E-state index in [1.165, 1.54) is 83.5 Å². The lowest BCUT2D eigenvalue weighted by atomic mass is 10.0. The fourth-order valence-corrected chi connectivity index (χ4v) is 4.12. The van der Waals surface area contributed by atoms with Gasteiger partial charge in [-0.2, -0.15) is 0 Å². The lowest BCUT2D eigenvalue weighted by molar-refractivity contribution is -0.120. The summed E-state index contributed by atoms with van der Waals surface area (Å²) in [7, 11) is 0. The molecule has 0 fully saturated rings. The number of unbranched alkanes of at least 4 members (excludes halogenated alkanes) is 13. The molecule has 1 aromatic carbocycles. The van der Waals surface area contributed by atoms with E-state index in [0.717, 1.165) is 18.5 Å². The van der Waals surface area contributed by atoms with Crippen molar-refractivity contribution in [2.24, 2.45) is 0 Å². The molecule has 202 valence electrons. The van der Waals surface area contributed by atoms with Gasteiger partial charge in [0.1, 0.15) is 18.5 Å². The maximum atomic E-state index is 12.2. The van der Waals surface area contributed by atoms with Gasteiger partial charge in [-0.3, -0.25) is 4.79 Å². The number of rotatable bonds is 23. The summed E-state index contributed by atoms with van der Waals surface area (Å²) in [5, 5.41) is 16.2. The van der Waals surface area contributed by atoms with Crippen LogP contribution in [0.4, 0.5) is 0 Å². The first kappa shape index (κ1) is 31.4. The largest absolute Gasteiger partial charge is 0.491 e. The van der Waals surface area contributed by atoms with Crippen LogP contribution in [0.15, 0.2) is 24.3 Å². The lowest BCUT2D eigenvalue weighted by Gasteiger charge is -2.15. The average Bonchev–Trinajstić information content (AvgIpc) is 2.84. The molecule has 0 bridgehead atoms. The van der Waals surface area contributed by atoms with E-state index < -0.39 is 6.10 Å². The Balaban J connectivity index is 1.96. The molecule has 1 aromatic rings. The minimum atomic E-state index is -0.544. The molecule has 5 nitrogen and oxygen atoms in total. The third kappa shape index (κ3) is 19.3. The summed E-state index contributed by atoms with van der Waals surface area (Å²) in [6.07, 6.45) is 18.7. The van der Waals surface area contributed by atoms with Crippen LogP contribution in [0.1, 0.15) is 116 Å². The molecule has 0 aliphatic rings. The Bertz CT molecular complexity index is 619. The second-order valence-corrected chi connectivity index (χ2v) is 10.3. The molecule has 0 radical (unpaired) electrons. The minimum absolute atomic E-state index is 0.0727. The number of aliphatic hydroxyl groups excluding tert-OH is 1. The number of carbonyl (C=O) groups excluding carboxylic acids is 1. The van der Waals surface area contributed by atoms with Crippen LogP contribution in [0.2, 0.25) is 0 Å². The van der Waals surface area contributed by atoms with Crippen molar-refractivity contribution < 1.29 is 14.6 Å². The fraction of sp³-hybridized carbons (Fsp3) is 0.767. The van der Waals surface area contributed by atoms with Gasteiger partial charge in [0.05, 0.1) is 6.42 Å². The van der Waals surface area contributed by atoms with Crippen LogP contribution in [-0.4, -0.2) is 42.9 Å². The predicted molar refractivity (Wildman–Crippen MR) is 148 cm³/mol. The van der Waals surface area contributed by atoms with Gasteiger partial charge in [0.25, 0.3) is 0 Å². The summed E-state index contributed by atoms with van der Waals surface area (Å²) >= 11 is 0. The van der Waals surface area contributed by atoms with Gasteiger partial charge in [-0.15, -0.1) is 0 Å². The SMILES string of the molecule is CCCCCCCCCCCCCCCCNC(=O)Cc1ccc(OCC(O)CNC(C)C)cc1. The van der Waals surface area contributed by atoms with Crippen LogP contribution < -0.4 is 15.4 Å². The van der Waals surface area contributed by atoms with Gasteiger partial charge in [-0.1, -0.05) is 116 Å². The topological polar surface area (TPSA) is 70.6 Å². The van der Waals surface area contributed by atoms with Crippen LogP contribution in [0.25, 0.3) is 0 Å². The van der Waals surface area contributed by atoms with Crippen LogP contribution in [0.3, 0.4) is 0 Å². The van der Waals surface area contributed by atoms with Gasteiger partial charge < -0.3 is 20.5 Å². The number of carbonyl (C=O) groups is 1. The molecule has 0 aliphatic heterocycles. The molecule has 3 N–H and O–H groups in total. The summed E-state index contributed by atoms with van der Waals surface area (Å²) in [4.78, 5) is 12.2. The van der Waals surface area contributed by atoms with Crippen molar-refractivity contribution in [3.63, 3.8) is 0 Å². The maximum Gasteiger partial charge on any atom is 0.224 e. The number of amides is 1. The van der Waals surface area contributed by atoms with E-state index in [1.54, 1.807) is 0 Å². The molecule has 0 saturated heterocycles. The van der Waals surface area contributed by atoms with Gasteiger partial charge >= 0.3 is 0 Å². The van der Waals surface area contributed by atoms with Crippen molar-refractivity contribution in [2.75, 3.05) is 19.7 Å². The summed E-state index contributed by atoms with van der Waals surface area (Å²) in [5.41, 5.74) is 0.970. The van der Waals surface area contributed by atoms with E-state index in [1.807, 2.05) is 38.1 Å². The Hall–Kier alpha value is -1.59. The van der Waals surface area contributed by atoms with Crippen molar-refractivity contribution in [1.29, 1.82) is 0 Å². The second kappa shape index (κ2) is 21.7. The highest BCUT2D eigenvalue weighted by molar-refractivity contribution is 5.78. The normalized spacial score (nSPS) is 12.1. The predicted octanol–water partition coefficient (Wildman–Crippen LogP) is 6.56. The number of ether oxygens (including phenoxy) is 1. The Morgan fingerprint density at radius 3 is 1.86 bits per heavy atom. The summed E-state index contributed by atoms with van der Waals surface area (Å²) in [6, 6.07) is 7.89. The molecule has 35 heavy (non-hydrogen) atoms. The first-order valence-electron chi connectivity index (χ1n) is 14.4. The Kier molecular flexibility index (Phi) is 19.5. The summed E-state index contributed by atoms with van der Waals surface area (Å²) in [6.45, 7) is 7.89. The van der Waals surface area contributed by atoms with Crippen LogP contribution in [0, 0.1) is 0 Å². The first-order chi connectivity index (χ1) is 17.0. The van der Waals surface area contributed by atoms with Crippen LogP contribution >= 0.6 is 0 Å². The zero-order chi connectivity index (χ0) is 25.6. The van der Waals surface area contributed by atoms with Gasteiger partial charge in [0, 0.05) is 19.1 Å². The Morgan fingerprint density at radius 2 is 1.34 bits per heavy atom. The molecule has 5 heteroatoms. The molecule has 1 unspecified atom stereocenters. The maximum absolute atomic E-state index is 12.2. The highest BCUT2D eigenvalue weighted by Crippen LogP contribution is 2.14. The lowest BCUT2D eigenvalue weighted by Crippen LogP contribution is -2.35. The van der Waals surface area contributed by atoms with Gasteiger partial charge in [-0.25, -0.2) is 0 Å². The third-order valence-corrected chi connectivity index (χ3v) is 6.34. The second-order valence-electron chi connectivity index (χ2n) is 10.3.